The number of aryl methyl sites for hydroxylation is 2. The number of hydrogen-bond donors (Lipinski definition) is 2. The van der Waals surface area contributed by atoms with Crippen LogP contribution in [0.1, 0.15) is 38.2 Å². The summed E-state index contributed by atoms with van der Waals surface area (Å²) in [4.78, 5) is 33.6. The van der Waals surface area contributed by atoms with E-state index >= 15 is 0 Å². The fourth-order valence-corrected chi connectivity index (χ4v) is 3.28. The normalized spacial score (nSPS) is 10.4. The van der Waals surface area contributed by atoms with Crippen molar-refractivity contribution < 1.29 is 9.59 Å². The van der Waals surface area contributed by atoms with E-state index in [2.05, 4.69) is 20.8 Å². The maximum Gasteiger partial charge on any atom is 0.281 e. The minimum Gasteiger partial charge on any atom is -0.267 e. The Balaban J connectivity index is 1.66. The highest BCUT2D eigenvalue weighted by molar-refractivity contribution is 7.17. The van der Waals surface area contributed by atoms with E-state index in [1.54, 1.807) is 25.3 Å². The van der Waals surface area contributed by atoms with Crippen LogP contribution in [-0.4, -0.2) is 21.8 Å². The van der Waals surface area contributed by atoms with Gasteiger partial charge in [0.2, 0.25) is 0 Å². The monoisotopic (exact) mass is 366 g/mol. The Morgan fingerprint density at radius 3 is 2.42 bits per heavy atom. The third-order valence-corrected chi connectivity index (χ3v) is 4.98. The molecule has 0 atom stereocenters. The summed E-state index contributed by atoms with van der Waals surface area (Å²) in [6.45, 7) is 3.80. The van der Waals surface area contributed by atoms with Crippen LogP contribution < -0.4 is 10.9 Å². The second kappa shape index (κ2) is 7.88. The first-order valence-electron chi connectivity index (χ1n) is 8.17. The molecule has 0 saturated heterocycles. The smallest absolute Gasteiger partial charge is 0.267 e. The summed E-state index contributed by atoms with van der Waals surface area (Å²) in [5, 5.41) is 0.662. The quantitative estimate of drug-likeness (QED) is 0.695. The lowest BCUT2D eigenvalue weighted by atomic mass is 10.1. The van der Waals surface area contributed by atoms with Crippen molar-refractivity contribution in [1.82, 2.24) is 20.8 Å². The molecule has 26 heavy (non-hydrogen) atoms. The summed E-state index contributed by atoms with van der Waals surface area (Å²) in [6, 6.07) is 12.8. The van der Waals surface area contributed by atoms with Gasteiger partial charge in [-0.2, -0.15) is 0 Å². The van der Waals surface area contributed by atoms with Crippen molar-refractivity contribution in [3.63, 3.8) is 0 Å². The first-order chi connectivity index (χ1) is 12.6. The van der Waals surface area contributed by atoms with Crippen LogP contribution in [0.15, 0.2) is 48.7 Å². The lowest BCUT2D eigenvalue weighted by Crippen LogP contribution is -2.41. The lowest BCUT2D eigenvalue weighted by Gasteiger charge is -2.07. The maximum absolute atomic E-state index is 12.4. The second-order valence-electron chi connectivity index (χ2n) is 5.61. The molecule has 0 radical (unpaired) electrons. The highest BCUT2D eigenvalue weighted by Gasteiger charge is 2.17. The zero-order chi connectivity index (χ0) is 18.5. The molecule has 1 aromatic carbocycles. The fourth-order valence-electron chi connectivity index (χ4n) is 2.34. The number of carbonyl (C=O) groups excluding carboxylic acids is 2. The zero-order valence-electron chi connectivity index (χ0n) is 14.4. The Hall–Kier alpha value is -3.06. The number of amides is 2. The number of rotatable bonds is 4. The van der Waals surface area contributed by atoms with Crippen LogP contribution in [0.5, 0.6) is 0 Å². The van der Waals surface area contributed by atoms with Gasteiger partial charge in [-0.15, -0.1) is 11.3 Å². The highest BCUT2D eigenvalue weighted by atomic mass is 32.1. The van der Waals surface area contributed by atoms with Gasteiger partial charge in [0.1, 0.15) is 9.88 Å². The predicted octanol–water partition coefficient (Wildman–Crippen LogP) is 3.15. The van der Waals surface area contributed by atoms with Crippen LogP contribution >= 0.6 is 11.3 Å². The van der Waals surface area contributed by atoms with Gasteiger partial charge in [0.25, 0.3) is 11.8 Å². The Labute approximate surface area is 155 Å². The van der Waals surface area contributed by atoms with E-state index < -0.39 is 5.91 Å². The van der Waals surface area contributed by atoms with Crippen molar-refractivity contribution in [1.29, 1.82) is 0 Å². The molecule has 2 heterocycles. The maximum atomic E-state index is 12.4. The van der Waals surface area contributed by atoms with Gasteiger partial charge in [0, 0.05) is 11.8 Å². The van der Waals surface area contributed by atoms with Gasteiger partial charge in [-0.25, -0.2) is 4.98 Å². The minimum atomic E-state index is -0.402. The van der Waals surface area contributed by atoms with E-state index in [9.17, 15) is 9.59 Å². The number of aromatic nitrogens is 2. The van der Waals surface area contributed by atoms with E-state index in [-0.39, 0.29) is 5.91 Å². The van der Waals surface area contributed by atoms with Gasteiger partial charge in [-0.1, -0.05) is 25.1 Å². The van der Waals surface area contributed by atoms with Crippen molar-refractivity contribution in [2.45, 2.75) is 20.3 Å². The summed E-state index contributed by atoms with van der Waals surface area (Å²) in [5.41, 5.74) is 7.81. The molecule has 132 valence electrons. The van der Waals surface area contributed by atoms with Gasteiger partial charge in [0.15, 0.2) is 0 Å². The van der Waals surface area contributed by atoms with Crippen LogP contribution in [0.3, 0.4) is 0 Å². The van der Waals surface area contributed by atoms with Crippen LogP contribution in [0.25, 0.3) is 10.7 Å². The second-order valence-corrected chi connectivity index (χ2v) is 6.61. The summed E-state index contributed by atoms with van der Waals surface area (Å²) in [6.07, 6.45) is 2.58. The molecule has 7 heteroatoms. The highest BCUT2D eigenvalue weighted by Crippen LogP contribution is 2.26. The van der Waals surface area contributed by atoms with Gasteiger partial charge in [-0.3, -0.25) is 25.4 Å². The van der Waals surface area contributed by atoms with Crippen molar-refractivity contribution in [2.24, 2.45) is 0 Å². The zero-order valence-corrected chi connectivity index (χ0v) is 15.3. The Kier molecular flexibility index (Phi) is 5.38. The minimum absolute atomic E-state index is 0.367. The molecule has 0 aliphatic heterocycles. The van der Waals surface area contributed by atoms with E-state index in [0.717, 1.165) is 12.0 Å². The third kappa shape index (κ3) is 3.94. The van der Waals surface area contributed by atoms with E-state index in [1.807, 2.05) is 37.3 Å². The van der Waals surface area contributed by atoms with Gasteiger partial charge < -0.3 is 0 Å². The molecule has 0 saturated carbocycles. The molecule has 2 aromatic heterocycles. The number of benzene rings is 1. The number of nitrogens with one attached hydrogen (secondary N) is 2. The molecule has 0 aliphatic carbocycles. The molecule has 3 rings (SSSR count). The van der Waals surface area contributed by atoms with Crippen LogP contribution in [-0.2, 0) is 6.42 Å². The summed E-state index contributed by atoms with van der Waals surface area (Å²) >= 11 is 1.24. The average molecular weight is 366 g/mol. The van der Waals surface area contributed by atoms with Crippen LogP contribution in [0.4, 0.5) is 0 Å². The number of nitrogens with zero attached hydrogens (tertiary/aromatic N) is 2. The van der Waals surface area contributed by atoms with E-state index in [4.69, 9.17) is 0 Å². The lowest BCUT2D eigenvalue weighted by molar-refractivity contribution is 0.0848. The Morgan fingerprint density at radius 1 is 1.04 bits per heavy atom. The number of hydrogen-bond acceptors (Lipinski definition) is 5. The molecule has 2 amide bonds. The predicted molar refractivity (Wildman–Crippen MR) is 101 cm³/mol. The van der Waals surface area contributed by atoms with Crippen molar-refractivity contribution >= 4 is 23.2 Å². The van der Waals surface area contributed by atoms with Crippen molar-refractivity contribution in [2.75, 3.05) is 0 Å². The Bertz CT molecular complexity index is 920. The topological polar surface area (TPSA) is 84.0 Å². The number of carbonyl (C=O) groups is 2. The third-order valence-electron chi connectivity index (χ3n) is 3.80. The largest absolute Gasteiger partial charge is 0.281 e. The number of thiazole rings is 1. The van der Waals surface area contributed by atoms with E-state index in [0.29, 0.717) is 26.8 Å². The van der Waals surface area contributed by atoms with Crippen molar-refractivity contribution in [3.05, 3.63) is 70.4 Å². The van der Waals surface area contributed by atoms with Gasteiger partial charge in [0.05, 0.1) is 11.4 Å². The molecule has 0 bridgehead atoms. The summed E-state index contributed by atoms with van der Waals surface area (Å²) < 4.78 is 0. The van der Waals surface area contributed by atoms with Crippen molar-refractivity contribution in [3.8, 4) is 10.7 Å². The molecule has 0 fully saturated rings. The average Bonchev–Trinajstić information content (AvgIpc) is 3.08. The molecule has 0 spiro atoms. The molecule has 0 aliphatic rings. The first-order valence-corrected chi connectivity index (χ1v) is 8.98. The molecule has 2 N–H and O–H groups in total. The van der Waals surface area contributed by atoms with Crippen LogP contribution in [0.2, 0.25) is 0 Å². The first kappa shape index (κ1) is 17.8. The standard InChI is InChI=1S/C19H18N4O2S/c1-3-13-7-9-14(10-8-13)17(24)22-23-18(25)16-12(2)21-19(26-16)15-6-4-5-11-20-15/h4-11H,3H2,1-2H3,(H,22,24)(H,23,25). The molecular weight excluding hydrogens is 348 g/mol. The van der Waals surface area contributed by atoms with Gasteiger partial charge in [-0.05, 0) is 43.2 Å². The van der Waals surface area contributed by atoms with Crippen LogP contribution in [0, 0.1) is 6.92 Å². The molecule has 3 aromatic rings. The summed E-state index contributed by atoms with van der Waals surface area (Å²) in [7, 11) is 0. The molecule has 6 nitrogen and oxygen atoms in total. The molecule has 0 unspecified atom stereocenters. The van der Waals surface area contributed by atoms with Gasteiger partial charge >= 0.3 is 0 Å². The fraction of sp³-hybridized carbons (Fsp3) is 0.158. The SMILES string of the molecule is CCc1ccc(C(=O)NNC(=O)c2sc(-c3ccccn3)nc2C)cc1. The molecular formula is C19H18N4O2S. The Morgan fingerprint density at radius 2 is 1.77 bits per heavy atom. The van der Waals surface area contributed by atoms with E-state index in [1.165, 1.54) is 11.3 Å². The number of pyridine rings is 1. The summed E-state index contributed by atoms with van der Waals surface area (Å²) in [5.74, 6) is -0.770. The number of hydrazine groups is 1.